The molecular weight excluding hydrogens is 1260 g/mol. The van der Waals surface area contributed by atoms with Crippen LogP contribution in [0.2, 0.25) is 0 Å². The van der Waals surface area contributed by atoms with Gasteiger partial charge >= 0.3 is 18.3 Å². The molecule has 0 bridgehead atoms. The van der Waals surface area contributed by atoms with E-state index in [2.05, 4.69) is 16.0 Å². The molecule has 26 nitrogen and oxygen atoms in total. The van der Waals surface area contributed by atoms with E-state index in [1.807, 2.05) is 103 Å². The van der Waals surface area contributed by atoms with Crippen LogP contribution in [0.5, 0.6) is 0 Å². The van der Waals surface area contributed by atoms with E-state index in [-0.39, 0.29) is 65.5 Å². The quantitative estimate of drug-likeness (QED) is 0.0307. The first-order chi connectivity index (χ1) is 47.0. The van der Waals surface area contributed by atoms with Crippen molar-refractivity contribution in [1.29, 1.82) is 0 Å². The Morgan fingerprint density at radius 2 is 1.11 bits per heavy atom. The molecule has 0 spiro atoms. The SMILES string of the molecule is CCC[C@H](O)C(=O)N[C@@H]1C[C@H](NC(=O)OCc2ccccc2)[C@@H](O[C@H]2O[C@@H]3COC(c4ccccc4)O[C@H]3[C@H](O)[C@H]2C)[C@H](O[C@@H]2O[C@H](CO)[C@@H](O[C@H]3O[C@@H](CNC(=O)OCc4ccccc4)[C@@H](O)[C@H](O)[C@H]3C)[C@H]2OCCN(CCc2ccccc2)C(=O)OCc2ccccc2)[C@H]1O. The summed E-state index contributed by atoms with van der Waals surface area (Å²) in [7, 11) is 0. The molecule has 97 heavy (non-hydrogen) atoms. The predicted octanol–water partition coefficient (Wildman–Crippen LogP) is 4.68. The van der Waals surface area contributed by atoms with Gasteiger partial charge in [0.15, 0.2) is 25.2 Å². The molecule has 5 aromatic carbocycles. The van der Waals surface area contributed by atoms with Crippen LogP contribution >= 0.6 is 0 Å². The molecule has 5 fully saturated rings. The molecular formula is C71H90N4O22. The van der Waals surface area contributed by atoms with Crippen LogP contribution in [0.1, 0.15) is 74.1 Å². The number of ether oxygens (including phenoxy) is 12. The highest BCUT2D eigenvalue weighted by Gasteiger charge is 2.57. The Bertz CT molecular complexity index is 3210. The fraction of sp³-hybridized carbons (Fsp3) is 0.521. The number of nitrogens with one attached hydrogen (secondary N) is 3. The third-order valence-corrected chi connectivity index (χ3v) is 18.1. The van der Waals surface area contributed by atoms with E-state index in [9.17, 15) is 49.8 Å². The van der Waals surface area contributed by atoms with E-state index in [1.165, 1.54) is 4.90 Å². The van der Waals surface area contributed by atoms with E-state index in [4.69, 9.17) is 56.8 Å². The number of carbonyl (C=O) groups excluding carboxylic acids is 4. The van der Waals surface area contributed by atoms with Gasteiger partial charge in [0.1, 0.15) is 87.0 Å². The molecule has 0 radical (unpaired) electrons. The highest BCUT2D eigenvalue weighted by molar-refractivity contribution is 5.80. The van der Waals surface area contributed by atoms with Crippen LogP contribution in [0, 0.1) is 11.8 Å². The number of hydrogen-bond acceptors (Lipinski definition) is 22. The smallest absolute Gasteiger partial charge is 0.410 e. The Balaban J connectivity index is 0.970. The van der Waals surface area contributed by atoms with Gasteiger partial charge in [-0.25, -0.2) is 14.4 Å². The van der Waals surface area contributed by atoms with Crippen LogP contribution in [0.25, 0.3) is 0 Å². The zero-order valence-corrected chi connectivity index (χ0v) is 54.4. The number of rotatable bonds is 28. The predicted molar refractivity (Wildman–Crippen MR) is 344 cm³/mol. The summed E-state index contributed by atoms with van der Waals surface area (Å²) in [5.74, 6) is -2.72. The van der Waals surface area contributed by atoms with Crippen LogP contribution in [-0.4, -0.2) is 209 Å². The second-order valence-electron chi connectivity index (χ2n) is 25.0. The van der Waals surface area contributed by atoms with Crippen molar-refractivity contribution in [2.45, 2.75) is 183 Å². The fourth-order valence-electron chi connectivity index (χ4n) is 12.5. The normalized spacial score (nSPS) is 31.2. The van der Waals surface area contributed by atoms with E-state index in [1.54, 1.807) is 69.3 Å². The van der Waals surface area contributed by atoms with Crippen molar-refractivity contribution in [3.63, 3.8) is 0 Å². The van der Waals surface area contributed by atoms with Crippen molar-refractivity contribution >= 4 is 24.2 Å². The lowest BCUT2D eigenvalue weighted by atomic mass is 9.82. The minimum atomic E-state index is -1.79. The molecule has 26 heteroatoms. The summed E-state index contributed by atoms with van der Waals surface area (Å²) in [6, 6.07) is 43.1. The number of amides is 4. The molecule has 1 unspecified atom stereocenters. The monoisotopic (exact) mass is 1350 g/mol. The summed E-state index contributed by atoms with van der Waals surface area (Å²) in [6.07, 6.45) is -25.3. The number of fused-ring (bicyclic) bond motifs is 1. The van der Waals surface area contributed by atoms with Gasteiger partial charge in [0.05, 0.1) is 44.1 Å². The highest BCUT2D eigenvalue weighted by Crippen LogP contribution is 2.41. The summed E-state index contributed by atoms with van der Waals surface area (Å²) in [4.78, 5) is 56.7. The van der Waals surface area contributed by atoms with Crippen molar-refractivity contribution in [3.8, 4) is 0 Å². The van der Waals surface area contributed by atoms with E-state index in [0.29, 0.717) is 24.0 Å². The summed E-state index contributed by atoms with van der Waals surface area (Å²) in [6.45, 7) is 3.35. The Kier molecular flexibility index (Phi) is 26.6. The van der Waals surface area contributed by atoms with Gasteiger partial charge in [0.2, 0.25) is 5.91 Å². The van der Waals surface area contributed by atoms with Crippen molar-refractivity contribution in [2.75, 3.05) is 39.5 Å². The molecule has 4 heterocycles. The van der Waals surface area contributed by atoms with Crippen molar-refractivity contribution in [1.82, 2.24) is 20.9 Å². The molecule has 1 aliphatic carbocycles. The first-order valence-electron chi connectivity index (χ1n) is 33.1. The largest absolute Gasteiger partial charge is 0.445 e. The summed E-state index contributed by atoms with van der Waals surface area (Å²) < 4.78 is 76.5. The third-order valence-electron chi connectivity index (χ3n) is 18.1. The minimum absolute atomic E-state index is 0.0396. The highest BCUT2D eigenvalue weighted by atomic mass is 16.8. The number of aliphatic hydroxyl groups is 6. The molecule has 4 saturated heterocycles. The van der Waals surface area contributed by atoms with Crippen LogP contribution < -0.4 is 16.0 Å². The lowest BCUT2D eigenvalue weighted by molar-refractivity contribution is -0.366. The zero-order valence-electron chi connectivity index (χ0n) is 54.4. The van der Waals surface area contributed by atoms with Gasteiger partial charge in [-0.15, -0.1) is 0 Å². The topological polar surface area (TPSA) is 340 Å². The number of nitrogens with zero attached hydrogens (tertiary/aromatic N) is 1. The Labute approximate surface area is 563 Å². The van der Waals surface area contributed by atoms with Gasteiger partial charge < -0.3 is 108 Å². The molecule has 4 aliphatic heterocycles. The molecule has 21 atom stereocenters. The number of hydrogen-bond donors (Lipinski definition) is 9. The second kappa shape index (κ2) is 35.5. The van der Waals surface area contributed by atoms with Gasteiger partial charge in [-0.05, 0) is 41.5 Å². The number of aliphatic hydroxyl groups excluding tert-OH is 6. The van der Waals surface area contributed by atoms with Crippen molar-refractivity contribution in [2.24, 2.45) is 11.8 Å². The van der Waals surface area contributed by atoms with E-state index in [0.717, 1.165) is 16.7 Å². The maximum atomic E-state index is 14.2. The standard InChI is InChI=1S/C71H90N4O22/c1-4-20-51(77)64(82)73-49-35-50(74-70(84)89-39-46-25-14-7-15-26-46)59(94-66-43(3)56(79)60-54(93-66)41-87-67(95-60)48-29-18-9-19-30-48)62(57(49)80)97-68-63(86-34-33-75(32-31-44-21-10-5-11-22-44)71(85)90-40-47-27-16-8-17-28-47)61(53(37-76)92-68)96-65-42(2)55(78)58(81)52(91-65)36-72-69(83)88-38-45-23-12-6-13-24-45/h5-19,21-30,42-43,49-63,65-68,76-81H,4,20,31-41H2,1-3H3,(H,72,83)(H,73,82)(H,74,84)/t42-,43-,49-,50+,51+,52+,53-,54-,55-,56-,57+,58-,59-,60-,61-,62-,63-,65-,66-,67?,68+/m1/s1. The van der Waals surface area contributed by atoms with Crippen molar-refractivity contribution in [3.05, 3.63) is 179 Å². The second-order valence-corrected chi connectivity index (χ2v) is 25.0. The zero-order chi connectivity index (χ0) is 68.4. The van der Waals surface area contributed by atoms with Crippen LogP contribution in [0.4, 0.5) is 14.4 Å². The average molecular weight is 1350 g/mol. The molecule has 0 aromatic heterocycles. The minimum Gasteiger partial charge on any atom is -0.445 e. The number of benzene rings is 5. The Morgan fingerprint density at radius 3 is 1.73 bits per heavy atom. The first kappa shape index (κ1) is 72.5. The Hall–Kier alpha value is -7.22. The molecule has 5 aliphatic rings. The maximum Gasteiger partial charge on any atom is 0.410 e. The Morgan fingerprint density at radius 1 is 0.567 bits per heavy atom. The number of alkyl carbamates (subject to hydrolysis) is 2. The molecule has 4 amide bonds. The van der Waals surface area contributed by atoms with Crippen LogP contribution in [-0.2, 0) is 87.9 Å². The lowest BCUT2D eigenvalue weighted by Gasteiger charge is -2.50. The maximum absolute atomic E-state index is 14.2. The van der Waals surface area contributed by atoms with Gasteiger partial charge in [-0.3, -0.25) is 4.79 Å². The first-order valence-corrected chi connectivity index (χ1v) is 33.1. The lowest BCUT2D eigenvalue weighted by Crippen LogP contribution is -2.68. The van der Waals surface area contributed by atoms with E-state index >= 15 is 0 Å². The summed E-state index contributed by atoms with van der Waals surface area (Å²) >= 11 is 0. The van der Waals surface area contributed by atoms with Gasteiger partial charge in [0, 0.05) is 37.0 Å². The molecule has 10 rings (SSSR count). The number of carbonyl (C=O) groups is 4. The van der Waals surface area contributed by atoms with Crippen molar-refractivity contribution < 1.29 is 107 Å². The summed E-state index contributed by atoms with van der Waals surface area (Å²) in [5.41, 5.74) is 3.78. The molecule has 1 saturated carbocycles. The van der Waals surface area contributed by atoms with E-state index < -0.39 is 159 Å². The third kappa shape index (κ3) is 19.4. The van der Waals surface area contributed by atoms with Gasteiger partial charge in [-0.2, -0.15) is 0 Å². The van der Waals surface area contributed by atoms with Gasteiger partial charge in [-0.1, -0.05) is 179 Å². The van der Waals surface area contributed by atoms with Gasteiger partial charge in [0.25, 0.3) is 0 Å². The molecule has 9 N–H and O–H groups in total. The molecule has 5 aromatic rings. The molecule has 526 valence electrons. The average Bonchev–Trinajstić information content (AvgIpc) is 0.866. The van der Waals surface area contributed by atoms with Crippen LogP contribution in [0.3, 0.4) is 0 Å². The van der Waals surface area contributed by atoms with Crippen LogP contribution in [0.15, 0.2) is 152 Å². The summed E-state index contributed by atoms with van der Waals surface area (Å²) in [5, 5.41) is 78.6. The fourth-order valence-corrected chi connectivity index (χ4v) is 12.5.